The minimum absolute atomic E-state index is 0.0137. The van der Waals surface area contributed by atoms with E-state index in [4.69, 9.17) is 0 Å². The summed E-state index contributed by atoms with van der Waals surface area (Å²) in [5.41, 5.74) is -6.50. The van der Waals surface area contributed by atoms with E-state index in [2.05, 4.69) is 10.1 Å². The summed E-state index contributed by atoms with van der Waals surface area (Å²) in [6, 6.07) is 0.667. The normalized spacial score (nSPS) is 13.2. The molecular formula is C15H8F9N5O2. The zero-order valence-corrected chi connectivity index (χ0v) is 14.7. The zero-order chi connectivity index (χ0) is 23.4. The monoisotopic (exact) mass is 461 g/mol. The van der Waals surface area contributed by atoms with Crippen LogP contribution in [0.5, 0.6) is 0 Å². The van der Waals surface area contributed by atoms with Crippen molar-refractivity contribution in [2.24, 2.45) is 0 Å². The van der Waals surface area contributed by atoms with Crippen LogP contribution < -0.4 is 11.1 Å². The standard InChI is InChI=1S/C15H8F9N5O2/c16-6-29-8(30)1-2-28-11(31)9(10(14(19,20)21)26-12(28)29)7-3-25-27(4-7)5-13(17,18)15(22,23)24/h1-4H,5-6H2. The van der Waals surface area contributed by atoms with Gasteiger partial charge in [0.1, 0.15) is 6.54 Å². The molecule has 0 N–H and O–H groups in total. The van der Waals surface area contributed by atoms with Crippen LogP contribution in [0.4, 0.5) is 39.5 Å². The highest BCUT2D eigenvalue weighted by Gasteiger charge is 2.57. The van der Waals surface area contributed by atoms with Crippen molar-refractivity contribution in [3.8, 4) is 11.1 Å². The van der Waals surface area contributed by atoms with Gasteiger partial charge >= 0.3 is 18.3 Å². The van der Waals surface area contributed by atoms with Gasteiger partial charge in [0.15, 0.2) is 12.5 Å². The predicted octanol–water partition coefficient (Wildman–Crippen LogP) is 2.86. The molecule has 0 saturated heterocycles. The maximum absolute atomic E-state index is 13.5. The second-order valence-electron chi connectivity index (χ2n) is 6.14. The quantitative estimate of drug-likeness (QED) is 0.561. The number of halogens is 9. The summed E-state index contributed by atoms with van der Waals surface area (Å²) in [4.78, 5) is 27.4. The maximum Gasteiger partial charge on any atom is 0.455 e. The van der Waals surface area contributed by atoms with Crippen LogP contribution >= 0.6 is 0 Å². The first-order valence-corrected chi connectivity index (χ1v) is 7.94. The van der Waals surface area contributed by atoms with Crippen molar-refractivity contribution in [1.29, 1.82) is 0 Å². The molecule has 0 spiro atoms. The lowest BCUT2D eigenvalue weighted by Crippen LogP contribution is -2.40. The first-order chi connectivity index (χ1) is 14.2. The second kappa shape index (κ2) is 7.12. The summed E-state index contributed by atoms with van der Waals surface area (Å²) in [5, 5.41) is 3.16. The Morgan fingerprint density at radius 3 is 2.19 bits per heavy atom. The number of rotatable bonds is 4. The molecule has 0 aliphatic carbocycles. The highest BCUT2D eigenvalue weighted by molar-refractivity contribution is 5.65. The fourth-order valence-corrected chi connectivity index (χ4v) is 2.62. The van der Waals surface area contributed by atoms with Crippen molar-refractivity contribution in [3.05, 3.63) is 51.1 Å². The van der Waals surface area contributed by atoms with Gasteiger partial charge in [0.25, 0.3) is 11.1 Å². The molecule has 3 rings (SSSR count). The third-order valence-electron chi connectivity index (χ3n) is 4.06. The second-order valence-corrected chi connectivity index (χ2v) is 6.14. The van der Waals surface area contributed by atoms with Crippen LogP contribution in [0.25, 0.3) is 16.9 Å². The summed E-state index contributed by atoms with van der Waals surface area (Å²) in [6.07, 6.45) is -9.72. The fraction of sp³-hybridized carbons (Fsp3) is 0.333. The van der Waals surface area contributed by atoms with Crippen molar-refractivity contribution in [3.63, 3.8) is 0 Å². The maximum atomic E-state index is 13.5. The number of nitrogens with zero attached hydrogens (tertiary/aromatic N) is 5. The molecule has 168 valence electrons. The van der Waals surface area contributed by atoms with E-state index in [9.17, 15) is 49.1 Å². The Balaban J connectivity index is 2.25. The molecule has 0 radical (unpaired) electrons. The third kappa shape index (κ3) is 3.88. The fourth-order valence-electron chi connectivity index (χ4n) is 2.62. The lowest BCUT2D eigenvalue weighted by Gasteiger charge is -2.19. The molecule has 16 heteroatoms. The highest BCUT2D eigenvalue weighted by Crippen LogP contribution is 2.37. The molecule has 3 heterocycles. The van der Waals surface area contributed by atoms with E-state index in [-0.39, 0.29) is 9.25 Å². The minimum atomic E-state index is -5.95. The lowest BCUT2D eigenvalue weighted by atomic mass is 10.1. The Labute approximate surface area is 164 Å². The van der Waals surface area contributed by atoms with Crippen LogP contribution in [0.15, 0.2) is 34.2 Å². The predicted molar refractivity (Wildman–Crippen MR) is 84.1 cm³/mol. The average Bonchev–Trinajstić information content (AvgIpc) is 3.06. The first-order valence-electron chi connectivity index (χ1n) is 7.94. The van der Waals surface area contributed by atoms with Crippen molar-refractivity contribution in [2.45, 2.75) is 31.6 Å². The molecule has 3 aromatic rings. The number of fused-ring (bicyclic) bond motifs is 1. The summed E-state index contributed by atoms with van der Waals surface area (Å²) < 4.78 is 118. The Kier molecular flexibility index (Phi) is 5.14. The van der Waals surface area contributed by atoms with Crippen LogP contribution in [-0.4, -0.2) is 35.8 Å². The summed E-state index contributed by atoms with van der Waals surface area (Å²) in [5.74, 6) is -6.25. The molecule has 0 aliphatic rings. The first kappa shape index (κ1) is 22.4. The van der Waals surface area contributed by atoms with E-state index in [1.165, 1.54) is 0 Å². The van der Waals surface area contributed by atoms with Crippen LogP contribution in [0.3, 0.4) is 0 Å². The zero-order valence-electron chi connectivity index (χ0n) is 14.7. The van der Waals surface area contributed by atoms with Crippen LogP contribution in [0.1, 0.15) is 5.69 Å². The summed E-state index contributed by atoms with van der Waals surface area (Å²) >= 11 is 0. The Morgan fingerprint density at radius 1 is 1.00 bits per heavy atom. The SMILES string of the molecule is O=c1ccn2c(=O)c(-c3cnn(CC(F)(F)C(F)(F)F)c3)c(C(F)(F)F)nc2n1CF. The molecule has 0 fully saturated rings. The molecular weight excluding hydrogens is 453 g/mol. The molecule has 0 aliphatic heterocycles. The van der Waals surface area contributed by atoms with Crippen molar-refractivity contribution >= 4 is 5.78 Å². The summed E-state index contributed by atoms with van der Waals surface area (Å²) in [6.45, 7) is -3.67. The minimum Gasteiger partial charge on any atom is -0.269 e. The molecule has 0 bridgehead atoms. The van der Waals surface area contributed by atoms with Crippen molar-refractivity contribution < 1.29 is 39.5 Å². The van der Waals surface area contributed by atoms with Crippen LogP contribution in [0, 0.1) is 0 Å². The van der Waals surface area contributed by atoms with Gasteiger partial charge in [-0.15, -0.1) is 0 Å². The third-order valence-corrected chi connectivity index (χ3v) is 4.06. The topological polar surface area (TPSA) is 74.2 Å². The molecule has 0 amide bonds. The Morgan fingerprint density at radius 2 is 1.65 bits per heavy atom. The molecule has 7 nitrogen and oxygen atoms in total. The van der Waals surface area contributed by atoms with Crippen molar-refractivity contribution in [2.75, 3.05) is 0 Å². The van der Waals surface area contributed by atoms with Crippen LogP contribution in [-0.2, 0) is 19.5 Å². The van der Waals surface area contributed by atoms with E-state index in [1.54, 1.807) is 0 Å². The molecule has 0 unspecified atom stereocenters. The Hall–Kier alpha value is -3.33. The summed E-state index contributed by atoms with van der Waals surface area (Å²) in [7, 11) is 0. The Bertz CT molecular complexity index is 1250. The van der Waals surface area contributed by atoms with Gasteiger partial charge < -0.3 is 0 Å². The van der Waals surface area contributed by atoms with E-state index in [1.807, 2.05) is 0 Å². The molecule has 0 atom stereocenters. The van der Waals surface area contributed by atoms with Gasteiger partial charge in [-0.25, -0.2) is 13.9 Å². The lowest BCUT2D eigenvalue weighted by molar-refractivity contribution is -0.287. The van der Waals surface area contributed by atoms with Gasteiger partial charge in [0, 0.05) is 24.0 Å². The van der Waals surface area contributed by atoms with Gasteiger partial charge in [-0.3, -0.25) is 18.7 Å². The van der Waals surface area contributed by atoms with E-state index < -0.39 is 65.3 Å². The number of hydrogen-bond acceptors (Lipinski definition) is 4. The van der Waals surface area contributed by atoms with Gasteiger partial charge in [-0.05, 0) is 0 Å². The van der Waals surface area contributed by atoms with E-state index >= 15 is 0 Å². The molecule has 3 aromatic heterocycles. The average molecular weight is 461 g/mol. The van der Waals surface area contributed by atoms with Gasteiger partial charge in [0.2, 0.25) is 5.78 Å². The largest absolute Gasteiger partial charge is 0.455 e. The van der Waals surface area contributed by atoms with Gasteiger partial charge in [-0.1, -0.05) is 0 Å². The molecule has 0 aromatic carbocycles. The molecule has 0 saturated carbocycles. The highest BCUT2D eigenvalue weighted by atomic mass is 19.4. The van der Waals surface area contributed by atoms with Gasteiger partial charge in [-0.2, -0.15) is 40.2 Å². The number of hydrogen-bond donors (Lipinski definition) is 0. The smallest absolute Gasteiger partial charge is 0.269 e. The van der Waals surface area contributed by atoms with E-state index in [0.29, 0.717) is 29.1 Å². The van der Waals surface area contributed by atoms with E-state index in [0.717, 1.165) is 0 Å². The van der Waals surface area contributed by atoms with Crippen molar-refractivity contribution in [1.82, 2.24) is 23.7 Å². The molecule has 31 heavy (non-hydrogen) atoms. The number of aromatic nitrogens is 5. The van der Waals surface area contributed by atoms with Crippen LogP contribution in [0.2, 0.25) is 0 Å². The number of alkyl halides is 9. The van der Waals surface area contributed by atoms with Gasteiger partial charge in [0.05, 0.1) is 11.8 Å².